The first-order valence-corrected chi connectivity index (χ1v) is 9.39. The molecule has 1 unspecified atom stereocenters. The van der Waals surface area contributed by atoms with Gasteiger partial charge in [0.25, 0.3) is 0 Å². The average molecular weight is 354 g/mol. The molecule has 0 aliphatic carbocycles. The van der Waals surface area contributed by atoms with Crippen molar-refractivity contribution >= 4 is 5.91 Å². The molecule has 0 bridgehead atoms. The van der Waals surface area contributed by atoms with Crippen molar-refractivity contribution in [2.75, 3.05) is 20.1 Å². The zero-order valence-corrected chi connectivity index (χ0v) is 15.4. The van der Waals surface area contributed by atoms with E-state index >= 15 is 0 Å². The molecule has 3 nitrogen and oxygen atoms in total. The molecule has 0 aromatic heterocycles. The summed E-state index contributed by atoms with van der Waals surface area (Å²) in [6.07, 6.45) is 3.36. The lowest BCUT2D eigenvalue weighted by atomic mass is 10.1. The molecular weight excluding hydrogens is 327 g/mol. The highest BCUT2D eigenvalue weighted by Crippen LogP contribution is 2.20. The maximum Gasteiger partial charge on any atom is 0.222 e. The largest absolute Gasteiger partial charge is 0.338 e. The van der Waals surface area contributed by atoms with Crippen LogP contribution in [-0.4, -0.2) is 41.9 Å². The number of benzene rings is 2. The van der Waals surface area contributed by atoms with Crippen LogP contribution >= 0.6 is 0 Å². The zero-order valence-electron chi connectivity index (χ0n) is 15.4. The highest BCUT2D eigenvalue weighted by molar-refractivity contribution is 5.76. The fourth-order valence-electron chi connectivity index (χ4n) is 3.60. The van der Waals surface area contributed by atoms with E-state index in [2.05, 4.69) is 36.2 Å². The zero-order chi connectivity index (χ0) is 18.4. The Balaban J connectivity index is 1.54. The number of likely N-dealkylation sites (tertiary alicyclic amines) is 1. The molecule has 1 saturated heterocycles. The summed E-state index contributed by atoms with van der Waals surface area (Å²) in [5, 5.41) is 0. The first-order valence-electron chi connectivity index (χ1n) is 9.39. The Morgan fingerprint density at radius 2 is 1.81 bits per heavy atom. The molecule has 4 heteroatoms. The van der Waals surface area contributed by atoms with Gasteiger partial charge >= 0.3 is 0 Å². The fourth-order valence-corrected chi connectivity index (χ4v) is 3.60. The topological polar surface area (TPSA) is 23.6 Å². The Kier molecular flexibility index (Phi) is 6.40. The van der Waals surface area contributed by atoms with Crippen molar-refractivity contribution in [2.45, 2.75) is 38.3 Å². The molecular formula is C22H27FN2O. The van der Waals surface area contributed by atoms with Crippen molar-refractivity contribution in [2.24, 2.45) is 0 Å². The highest BCUT2D eigenvalue weighted by atomic mass is 19.1. The predicted molar refractivity (Wildman–Crippen MR) is 102 cm³/mol. The molecule has 1 amide bonds. The summed E-state index contributed by atoms with van der Waals surface area (Å²) in [7, 11) is 2.14. The highest BCUT2D eigenvalue weighted by Gasteiger charge is 2.25. The molecule has 3 rings (SSSR count). The van der Waals surface area contributed by atoms with Gasteiger partial charge in [-0.05, 0) is 37.9 Å². The number of rotatable bonds is 6. The third-order valence-corrected chi connectivity index (χ3v) is 5.31. The number of hydrogen-bond acceptors (Lipinski definition) is 2. The second kappa shape index (κ2) is 8.95. The maximum absolute atomic E-state index is 13.9. The van der Waals surface area contributed by atoms with Crippen LogP contribution in [0.25, 0.3) is 0 Å². The average Bonchev–Trinajstić information content (AvgIpc) is 2.84. The van der Waals surface area contributed by atoms with Gasteiger partial charge in [0.15, 0.2) is 0 Å². The Bertz CT molecular complexity index is 719. The molecule has 1 aliphatic rings. The van der Waals surface area contributed by atoms with E-state index in [0.717, 1.165) is 25.8 Å². The monoisotopic (exact) mass is 354 g/mol. The number of carbonyl (C=O) groups excluding carboxylic acids is 1. The Labute approximate surface area is 155 Å². The lowest BCUT2D eigenvalue weighted by Gasteiger charge is -2.27. The van der Waals surface area contributed by atoms with Crippen molar-refractivity contribution in [3.8, 4) is 0 Å². The van der Waals surface area contributed by atoms with E-state index in [-0.39, 0.29) is 11.7 Å². The molecule has 26 heavy (non-hydrogen) atoms. The fraction of sp³-hybridized carbons (Fsp3) is 0.409. The summed E-state index contributed by atoms with van der Waals surface area (Å²) in [6, 6.07) is 17.6. The second-order valence-electron chi connectivity index (χ2n) is 7.10. The molecule has 0 saturated carbocycles. The summed E-state index contributed by atoms with van der Waals surface area (Å²) in [5.41, 5.74) is 1.93. The SMILES string of the molecule is CN(CCc1ccccc1)C1CCC(=O)N(Cc2ccccc2F)CC1. The molecule has 1 fully saturated rings. The number of halogens is 1. The van der Waals surface area contributed by atoms with Crippen molar-refractivity contribution in [3.05, 3.63) is 71.5 Å². The van der Waals surface area contributed by atoms with Crippen molar-refractivity contribution < 1.29 is 9.18 Å². The van der Waals surface area contributed by atoms with Gasteiger partial charge in [0.05, 0.1) is 0 Å². The van der Waals surface area contributed by atoms with Gasteiger partial charge in [-0.1, -0.05) is 48.5 Å². The standard InChI is InChI=1S/C22H27FN2O/c1-24(15-13-18-7-3-2-4-8-18)20-11-12-22(26)25(16-14-20)17-19-9-5-6-10-21(19)23/h2-10,20H,11-17H2,1H3. The van der Waals surface area contributed by atoms with Crippen LogP contribution in [0.1, 0.15) is 30.4 Å². The van der Waals surface area contributed by atoms with Gasteiger partial charge in [0.1, 0.15) is 5.82 Å². The Morgan fingerprint density at radius 3 is 2.58 bits per heavy atom. The quantitative estimate of drug-likeness (QED) is 0.786. The molecule has 1 heterocycles. The molecule has 2 aromatic rings. The number of amides is 1. The summed E-state index contributed by atoms with van der Waals surface area (Å²) in [6.45, 7) is 2.04. The first kappa shape index (κ1) is 18.6. The van der Waals surface area contributed by atoms with Gasteiger partial charge in [0.2, 0.25) is 5.91 Å². The van der Waals surface area contributed by atoms with Gasteiger partial charge in [-0.15, -0.1) is 0 Å². The van der Waals surface area contributed by atoms with Gasteiger partial charge in [-0.25, -0.2) is 4.39 Å². The van der Waals surface area contributed by atoms with Crippen LogP contribution < -0.4 is 0 Å². The molecule has 138 valence electrons. The summed E-state index contributed by atoms with van der Waals surface area (Å²) < 4.78 is 13.9. The second-order valence-corrected chi connectivity index (χ2v) is 7.10. The maximum atomic E-state index is 13.9. The molecule has 1 atom stereocenters. The Morgan fingerprint density at radius 1 is 1.08 bits per heavy atom. The predicted octanol–water partition coefficient (Wildman–Crippen LogP) is 3.88. The van der Waals surface area contributed by atoms with Crippen LogP contribution in [-0.2, 0) is 17.8 Å². The summed E-state index contributed by atoms with van der Waals surface area (Å²) in [4.78, 5) is 16.6. The van der Waals surface area contributed by atoms with Crippen LogP contribution in [0, 0.1) is 5.82 Å². The summed E-state index contributed by atoms with van der Waals surface area (Å²) >= 11 is 0. The van der Waals surface area contributed by atoms with Gasteiger partial charge in [0, 0.05) is 37.7 Å². The third-order valence-electron chi connectivity index (χ3n) is 5.31. The van der Waals surface area contributed by atoms with Crippen molar-refractivity contribution in [1.29, 1.82) is 0 Å². The smallest absolute Gasteiger partial charge is 0.222 e. The normalized spacial score (nSPS) is 18.2. The Hall–Kier alpha value is -2.20. The van der Waals surface area contributed by atoms with Crippen LogP contribution in [0.4, 0.5) is 4.39 Å². The molecule has 1 aliphatic heterocycles. The molecule has 2 aromatic carbocycles. The van der Waals surface area contributed by atoms with Gasteiger partial charge in [-0.2, -0.15) is 0 Å². The third kappa shape index (κ3) is 4.92. The molecule has 0 radical (unpaired) electrons. The van der Waals surface area contributed by atoms with Gasteiger partial charge < -0.3 is 9.80 Å². The van der Waals surface area contributed by atoms with Crippen LogP contribution in [0.2, 0.25) is 0 Å². The lowest BCUT2D eigenvalue weighted by Crippen LogP contribution is -2.34. The van der Waals surface area contributed by atoms with Crippen LogP contribution in [0.3, 0.4) is 0 Å². The van der Waals surface area contributed by atoms with Crippen molar-refractivity contribution in [1.82, 2.24) is 9.80 Å². The van der Waals surface area contributed by atoms with Gasteiger partial charge in [-0.3, -0.25) is 4.79 Å². The van der Waals surface area contributed by atoms with E-state index in [0.29, 0.717) is 31.1 Å². The molecule has 0 N–H and O–H groups in total. The van der Waals surface area contributed by atoms with Crippen LogP contribution in [0.5, 0.6) is 0 Å². The molecule has 0 spiro atoms. The van der Waals surface area contributed by atoms with E-state index in [1.54, 1.807) is 12.1 Å². The van der Waals surface area contributed by atoms with E-state index in [1.165, 1.54) is 11.6 Å². The van der Waals surface area contributed by atoms with E-state index < -0.39 is 0 Å². The first-order chi connectivity index (χ1) is 12.6. The summed E-state index contributed by atoms with van der Waals surface area (Å²) in [5.74, 6) is -0.103. The lowest BCUT2D eigenvalue weighted by molar-refractivity contribution is -0.131. The van der Waals surface area contributed by atoms with E-state index in [1.807, 2.05) is 17.0 Å². The van der Waals surface area contributed by atoms with E-state index in [4.69, 9.17) is 0 Å². The minimum atomic E-state index is -0.235. The number of hydrogen-bond donors (Lipinski definition) is 0. The number of likely N-dealkylation sites (N-methyl/N-ethyl adjacent to an activating group) is 1. The van der Waals surface area contributed by atoms with E-state index in [9.17, 15) is 9.18 Å². The number of carbonyl (C=O) groups is 1. The minimum absolute atomic E-state index is 0.132. The number of nitrogens with zero attached hydrogens (tertiary/aromatic N) is 2. The van der Waals surface area contributed by atoms with Crippen molar-refractivity contribution in [3.63, 3.8) is 0 Å². The van der Waals surface area contributed by atoms with Crippen LogP contribution in [0.15, 0.2) is 54.6 Å². The minimum Gasteiger partial charge on any atom is -0.338 e.